The second kappa shape index (κ2) is 6.80. The van der Waals surface area contributed by atoms with Crippen molar-refractivity contribution < 1.29 is 14.6 Å². The molecule has 0 fully saturated rings. The molecule has 0 spiro atoms. The van der Waals surface area contributed by atoms with Gasteiger partial charge in [0.15, 0.2) is 0 Å². The van der Waals surface area contributed by atoms with Crippen molar-refractivity contribution in [1.29, 1.82) is 0 Å². The van der Waals surface area contributed by atoms with Crippen molar-refractivity contribution >= 4 is 5.91 Å². The Labute approximate surface area is 92.2 Å². The minimum atomic E-state index is -0.432. The summed E-state index contributed by atoms with van der Waals surface area (Å²) in [5, 5.41) is 8.84. The minimum Gasteiger partial charge on any atom is -0.395 e. The van der Waals surface area contributed by atoms with Crippen LogP contribution in [0.2, 0.25) is 0 Å². The zero-order chi connectivity index (χ0) is 11.9. The number of rotatable bonds is 7. The smallest absolute Gasteiger partial charge is 0.225 e. The first kappa shape index (κ1) is 14.4. The van der Waals surface area contributed by atoms with E-state index >= 15 is 0 Å². The molecule has 0 aromatic heterocycles. The first-order chi connectivity index (χ1) is 6.96. The monoisotopic (exact) mass is 217 g/mol. The number of ether oxygens (including phenoxy) is 1. The fourth-order valence-electron chi connectivity index (χ4n) is 1.30. The molecule has 0 aliphatic rings. The summed E-state index contributed by atoms with van der Waals surface area (Å²) in [5.74, 6) is 0.0396. The van der Waals surface area contributed by atoms with E-state index in [0.29, 0.717) is 19.5 Å². The number of methoxy groups -OCH3 is 1. The van der Waals surface area contributed by atoms with E-state index in [2.05, 4.69) is 0 Å². The lowest BCUT2D eigenvalue weighted by molar-refractivity contribution is -0.137. The molecule has 0 aliphatic carbocycles. The van der Waals surface area contributed by atoms with E-state index in [1.807, 2.05) is 20.8 Å². The minimum absolute atomic E-state index is 0.0130. The van der Waals surface area contributed by atoms with Crippen molar-refractivity contribution in [2.24, 2.45) is 0 Å². The zero-order valence-corrected chi connectivity index (χ0v) is 10.2. The van der Waals surface area contributed by atoms with Gasteiger partial charge in [0, 0.05) is 20.2 Å². The van der Waals surface area contributed by atoms with E-state index in [4.69, 9.17) is 9.84 Å². The molecule has 0 aromatic rings. The fourth-order valence-corrected chi connectivity index (χ4v) is 1.30. The lowest BCUT2D eigenvalue weighted by Gasteiger charge is -2.27. The Bertz CT molecular complexity index is 186. The number of hydrogen-bond donors (Lipinski definition) is 1. The number of nitrogens with zero attached hydrogens (tertiary/aromatic N) is 1. The largest absolute Gasteiger partial charge is 0.395 e. The van der Waals surface area contributed by atoms with E-state index in [1.165, 1.54) is 0 Å². The topological polar surface area (TPSA) is 49.8 Å². The molecule has 1 N–H and O–H groups in total. The van der Waals surface area contributed by atoms with E-state index in [9.17, 15) is 4.79 Å². The quantitative estimate of drug-likeness (QED) is 0.693. The molecule has 0 saturated heterocycles. The molecule has 0 heterocycles. The van der Waals surface area contributed by atoms with Gasteiger partial charge in [0.2, 0.25) is 5.91 Å². The molecule has 0 rings (SSSR count). The molecular weight excluding hydrogens is 194 g/mol. The highest BCUT2D eigenvalue weighted by molar-refractivity contribution is 5.77. The second-order valence-corrected chi connectivity index (χ2v) is 4.24. The van der Waals surface area contributed by atoms with Gasteiger partial charge in [-0.05, 0) is 20.3 Å². The van der Waals surface area contributed by atoms with Crippen LogP contribution in [0, 0.1) is 0 Å². The average Bonchev–Trinajstić information content (AvgIpc) is 2.17. The molecule has 4 heteroatoms. The third-order valence-corrected chi connectivity index (χ3v) is 2.35. The van der Waals surface area contributed by atoms with Crippen molar-refractivity contribution in [1.82, 2.24) is 4.90 Å². The molecule has 0 aliphatic heterocycles. The predicted molar refractivity (Wildman–Crippen MR) is 59.7 cm³/mol. The molecule has 0 radical (unpaired) electrons. The standard InChI is InChI=1S/C11H23NO3/c1-5-6-12(7-8-13)10(14)9-11(2,3)15-4/h13H,5-9H2,1-4H3. The highest BCUT2D eigenvalue weighted by Gasteiger charge is 2.24. The predicted octanol–water partition coefficient (Wildman–Crippen LogP) is 1.03. The van der Waals surface area contributed by atoms with Gasteiger partial charge < -0.3 is 14.7 Å². The van der Waals surface area contributed by atoms with Gasteiger partial charge in [0.05, 0.1) is 18.6 Å². The lowest BCUT2D eigenvalue weighted by atomic mass is 10.0. The Hall–Kier alpha value is -0.610. The average molecular weight is 217 g/mol. The first-order valence-electron chi connectivity index (χ1n) is 5.40. The van der Waals surface area contributed by atoms with Crippen LogP contribution in [-0.4, -0.2) is 48.3 Å². The van der Waals surface area contributed by atoms with Gasteiger partial charge in [-0.3, -0.25) is 4.79 Å². The summed E-state index contributed by atoms with van der Waals surface area (Å²) in [5.41, 5.74) is -0.432. The Morgan fingerprint density at radius 3 is 2.40 bits per heavy atom. The van der Waals surface area contributed by atoms with Gasteiger partial charge in [-0.1, -0.05) is 6.92 Å². The molecule has 0 bridgehead atoms. The number of amides is 1. The van der Waals surface area contributed by atoms with Crippen molar-refractivity contribution in [3.05, 3.63) is 0 Å². The van der Waals surface area contributed by atoms with Crippen molar-refractivity contribution in [2.75, 3.05) is 26.8 Å². The molecular formula is C11H23NO3. The highest BCUT2D eigenvalue weighted by Crippen LogP contribution is 2.14. The molecule has 0 aromatic carbocycles. The van der Waals surface area contributed by atoms with Crippen molar-refractivity contribution in [3.63, 3.8) is 0 Å². The highest BCUT2D eigenvalue weighted by atomic mass is 16.5. The molecule has 1 amide bonds. The molecule has 15 heavy (non-hydrogen) atoms. The van der Waals surface area contributed by atoms with Gasteiger partial charge >= 0.3 is 0 Å². The van der Waals surface area contributed by atoms with Crippen LogP contribution in [0.25, 0.3) is 0 Å². The van der Waals surface area contributed by atoms with Gasteiger partial charge in [-0.2, -0.15) is 0 Å². The summed E-state index contributed by atoms with van der Waals surface area (Å²) >= 11 is 0. The molecule has 90 valence electrons. The van der Waals surface area contributed by atoms with Crippen LogP contribution in [0.3, 0.4) is 0 Å². The molecule has 0 saturated carbocycles. The zero-order valence-electron chi connectivity index (χ0n) is 10.2. The Kier molecular flexibility index (Phi) is 6.52. The van der Waals surface area contributed by atoms with E-state index < -0.39 is 5.60 Å². The second-order valence-electron chi connectivity index (χ2n) is 4.24. The maximum absolute atomic E-state index is 11.8. The van der Waals surface area contributed by atoms with Crippen LogP contribution in [0.1, 0.15) is 33.6 Å². The summed E-state index contributed by atoms with van der Waals surface area (Å²) in [6, 6.07) is 0. The van der Waals surface area contributed by atoms with Crippen LogP contribution in [0.5, 0.6) is 0 Å². The fraction of sp³-hybridized carbons (Fsp3) is 0.909. The van der Waals surface area contributed by atoms with E-state index in [0.717, 1.165) is 6.42 Å². The van der Waals surface area contributed by atoms with Crippen molar-refractivity contribution in [2.45, 2.75) is 39.2 Å². The number of carbonyl (C=O) groups is 1. The molecule has 4 nitrogen and oxygen atoms in total. The number of hydrogen-bond acceptors (Lipinski definition) is 3. The van der Waals surface area contributed by atoms with Gasteiger partial charge in [0.25, 0.3) is 0 Å². The van der Waals surface area contributed by atoms with Gasteiger partial charge in [-0.25, -0.2) is 0 Å². The SMILES string of the molecule is CCCN(CCO)C(=O)CC(C)(C)OC. The van der Waals surface area contributed by atoms with Crippen LogP contribution in [-0.2, 0) is 9.53 Å². The Balaban J connectivity index is 4.24. The van der Waals surface area contributed by atoms with Gasteiger partial charge in [0.1, 0.15) is 0 Å². The van der Waals surface area contributed by atoms with E-state index in [1.54, 1.807) is 12.0 Å². The third-order valence-electron chi connectivity index (χ3n) is 2.35. The Morgan fingerprint density at radius 2 is 2.00 bits per heavy atom. The van der Waals surface area contributed by atoms with E-state index in [-0.39, 0.29) is 12.5 Å². The molecule has 0 atom stereocenters. The lowest BCUT2D eigenvalue weighted by Crippen LogP contribution is -2.39. The Morgan fingerprint density at radius 1 is 1.40 bits per heavy atom. The summed E-state index contributed by atoms with van der Waals surface area (Å²) in [4.78, 5) is 13.5. The van der Waals surface area contributed by atoms with Crippen molar-refractivity contribution in [3.8, 4) is 0 Å². The summed E-state index contributed by atoms with van der Waals surface area (Å²) in [6.45, 7) is 6.89. The molecule has 0 unspecified atom stereocenters. The normalized spacial score (nSPS) is 11.5. The van der Waals surface area contributed by atoms with Crippen LogP contribution < -0.4 is 0 Å². The third kappa shape index (κ3) is 5.74. The van der Waals surface area contributed by atoms with Crippen LogP contribution in [0.15, 0.2) is 0 Å². The summed E-state index contributed by atoms with van der Waals surface area (Å²) in [7, 11) is 1.60. The maximum atomic E-state index is 11.8. The summed E-state index contributed by atoms with van der Waals surface area (Å²) in [6.07, 6.45) is 1.25. The number of carbonyl (C=O) groups excluding carboxylic acids is 1. The maximum Gasteiger partial charge on any atom is 0.225 e. The first-order valence-corrected chi connectivity index (χ1v) is 5.40. The number of aliphatic hydroxyl groups is 1. The van der Waals surface area contributed by atoms with Gasteiger partial charge in [-0.15, -0.1) is 0 Å². The van der Waals surface area contributed by atoms with Crippen LogP contribution >= 0.6 is 0 Å². The van der Waals surface area contributed by atoms with Crippen LogP contribution in [0.4, 0.5) is 0 Å². The number of aliphatic hydroxyl groups excluding tert-OH is 1. The summed E-state index contributed by atoms with van der Waals surface area (Å²) < 4.78 is 5.20.